The van der Waals surface area contributed by atoms with Crippen molar-refractivity contribution >= 4 is 5.91 Å². The second kappa shape index (κ2) is 7.18. The fourth-order valence-corrected chi connectivity index (χ4v) is 4.86. The minimum Gasteiger partial charge on any atom is -0.381 e. The third-order valence-electron chi connectivity index (χ3n) is 6.72. The highest BCUT2D eigenvalue weighted by Gasteiger charge is 2.47. The second-order valence-corrected chi connectivity index (χ2v) is 8.57. The van der Waals surface area contributed by atoms with Gasteiger partial charge in [0.2, 0.25) is 0 Å². The number of imidazole rings is 1. The molecule has 1 spiro atoms. The fraction of sp³-hybridized carbons (Fsp3) is 0.800. The van der Waals surface area contributed by atoms with Crippen LogP contribution >= 0.6 is 0 Å². The summed E-state index contributed by atoms with van der Waals surface area (Å²) in [4.78, 5) is 19.9. The summed E-state index contributed by atoms with van der Waals surface area (Å²) in [5.74, 6) is 1.71. The van der Waals surface area contributed by atoms with Crippen molar-refractivity contribution in [2.24, 2.45) is 5.92 Å². The van der Waals surface area contributed by atoms with Gasteiger partial charge in [-0.05, 0) is 44.4 Å². The molecule has 0 bridgehead atoms. The first-order valence-corrected chi connectivity index (χ1v) is 10.5. The van der Waals surface area contributed by atoms with Crippen LogP contribution in [-0.4, -0.2) is 65.4 Å². The Morgan fingerprint density at radius 3 is 2.74 bits per heavy atom. The maximum atomic E-state index is 12.7. The highest BCUT2D eigenvalue weighted by atomic mass is 16.5. The number of amides is 1. The van der Waals surface area contributed by atoms with E-state index in [1.807, 2.05) is 12.4 Å². The number of piperidine rings is 1. The monoisotopic (exact) mass is 374 g/mol. The van der Waals surface area contributed by atoms with E-state index >= 15 is 0 Å². The second-order valence-electron chi connectivity index (χ2n) is 8.57. The summed E-state index contributed by atoms with van der Waals surface area (Å²) in [6.07, 6.45) is 9.93. The van der Waals surface area contributed by atoms with Crippen LogP contribution in [0, 0.1) is 5.92 Å². The summed E-state index contributed by atoms with van der Waals surface area (Å²) in [7, 11) is 0. The molecule has 1 atom stereocenters. The Kier molecular flexibility index (Phi) is 4.70. The van der Waals surface area contributed by atoms with E-state index < -0.39 is 11.7 Å². The summed E-state index contributed by atoms with van der Waals surface area (Å²) < 4.78 is 14.1. The van der Waals surface area contributed by atoms with Crippen molar-refractivity contribution in [3.8, 4) is 0 Å². The number of hydrogen-bond acceptors (Lipinski definition) is 5. The van der Waals surface area contributed by atoms with Crippen LogP contribution in [0.5, 0.6) is 0 Å². The van der Waals surface area contributed by atoms with Crippen LogP contribution in [0.15, 0.2) is 12.4 Å². The van der Waals surface area contributed by atoms with Crippen LogP contribution < -0.4 is 5.32 Å². The molecule has 148 valence electrons. The average molecular weight is 374 g/mol. The zero-order valence-corrected chi connectivity index (χ0v) is 15.9. The number of carbonyl (C=O) groups is 1. The largest absolute Gasteiger partial charge is 0.381 e. The molecule has 1 N–H and O–H groups in total. The molecule has 27 heavy (non-hydrogen) atoms. The quantitative estimate of drug-likeness (QED) is 0.860. The van der Waals surface area contributed by atoms with Gasteiger partial charge in [-0.25, -0.2) is 4.98 Å². The smallest absolute Gasteiger partial charge is 0.251 e. The molecule has 0 radical (unpaired) electrons. The Bertz CT molecular complexity index is 673. The van der Waals surface area contributed by atoms with Gasteiger partial charge in [-0.2, -0.15) is 0 Å². The van der Waals surface area contributed by atoms with Crippen molar-refractivity contribution in [2.45, 2.75) is 62.8 Å². The molecule has 4 heterocycles. The SMILES string of the molecule is O=C(NCC1CC1)C1Cn2ccnc2C2(CCN(C3CCOCC3)CC2)O1. The number of ether oxygens (including phenoxy) is 2. The molecule has 5 rings (SSSR count). The van der Waals surface area contributed by atoms with Crippen molar-refractivity contribution in [3.63, 3.8) is 0 Å². The number of fused-ring (bicyclic) bond motifs is 2. The van der Waals surface area contributed by atoms with Crippen LogP contribution in [0.2, 0.25) is 0 Å². The predicted molar refractivity (Wildman–Crippen MR) is 99.2 cm³/mol. The van der Waals surface area contributed by atoms with Crippen LogP contribution in [0.3, 0.4) is 0 Å². The van der Waals surface area contributed by atoms with Gasteiger partial charge < -0.3 is 19.4 Å². The first-order valence-electron chi connectivity index (χ1n) is 10.5. The number of carbonyl (C=O) groups excluding carboxylic acids is 1. The molecule has 1 aromatic rings. The summed E-state index contributed by atoms with van der Waals surface area (Å²) in [6, 6.07) is 0.622. The lowest BCUT2D eigenvalue weighted by atomic mass is 9.87. The van der Waals surface area contributed by atoms with Gasteiger partial charge in [0.1, 0.15) is 11.4 Å². The molecular weight excluding hydrogens is 344 g/mol. The molecule has 1 aromatic heterocycles. The van der Waals surface area contributed by atoms with E-state index in [1.54, 1.807) is 0 Å². The molecule has 1 unspecified atom stereocenters. The molecule has 1 amide bonds. The minimum atomic E-state index is -0.426. The van der Waals surface area contributed by atoms with Crippen LogP contribution in [0.1, 0.15) is 44.3 Å². The van der Waals surface area contributed by atoms with E-state index in [1.165, 1.54) is 12.8 Å². The van der Waals surface area contributed by atoms with Crippen molar-refractivity contribution < 1.29 is 14.3 Å². The lowest BCUT2D eigenvalue weighted by Gasteiger charge is -2.47. The number of nitrogens with zero attached hydrogens (tertiary/aromatic N) is 3. The summed E-state index contributed by atoms with van der Waals surface area (Å²) in [5.41, 5.74) is -0.426. The summed E-state index contributed by atoms with van der Waals surface area (Å²) >= 11 is 0. The Labute approximate surface area is 160 Å². The van der Waals surface area contributed by atoms with Gasteiger partial charge in [-0.1, -0.05) is 0 Å². The van der Waals surface area contributed by atoms with Gasteiger partial charge >= 0.3 is 0 Å². The number of likely N-dealkylation sites (tertiary alicyclic amines) is 1. The summed E-state index contributed by atoms with van der Waals surface area (Å²) in [6.45, 7) is 5.09. The van der Waals surface area contributed by atoms with Gasteiger partial charge in [-0.3, -0.25) is 9.69 Å². The molecule has 3 aliphatic heterocycles. The Hall–Kier alpha value is -1.44. The van der Waals surface area contributed by atoms with Crippen LogP contribution in [0.25, 0.3) is 0 Å². The van der Waals surface area contributed by atoms with Crippen LogP contribution in [-0.2, 0) is 26.4 Å². The van der Waals surface area contributed by atoms with Gasteiger partial charge in [0.15, 0.2) is 6.10 Å². The standard InChI is InChI=1S/C20H30N4O3/c25-18(22-13-15-1-2-15)17-14-24-10-7-21-19(24)20(27-17)5-8-23(9-6-20)16-3-11-26-12-4-16/h7,10,15-17H,1-6,8-9,11-14H2,(H,22,25). The average Bonchev–Trinajstić information content (AvgIpc) is 3.42. The number of hydrogen-bond donors (Lipinski definition) is 1. The highest BCUT2D eigenvalue weighted by Crippen LogP contribution is 2.41. The third-order valence-corrected chi connectivity index (χ3v) is 6.72. The molecule has 7 heteroatoms. The van der Waals surface area contributed by atoms with Crippen LogP contribution in [0.4, 0.5) is 0 Å². The van der Waals surface area contributed by atoms with E-state index in [4.69, 9.17) is 9.47 Å². The third kappa shape index (κ3) is 3.52. The first-order chi connectivity index (χ1) is 13.2. The first kappa shape index (κ1) is 17.6. The fourth-order valence-electron chi connectivity index (χ4n) is 4.86. The van der Waals surface area contributed by atoms with E-state index in [-0.39, 0.29) is 5.91 Å². The van der Waals surface area contributed by atoms with E-state index in [0.29, 0.717) is 18.5 Å². The Balaban J connectivity index is 1.28. The molecule has 2 saturated heterocycles. The van der Waals surface area contributed by atoms with Crippen molar-refractivity contribution in [1.82, 2.24) is 19.8 Å². The van der Waals surface area contributed by atoms with Crippen molar-refractivity contribution in [1.29, 1.82) is 0 Å². The van der Waals surface area contributed by atoms with Crippen molar-refractivity contribution in [3.05, 3.63) is 18.2 Å². The van der Waals surface area contributed by atoms with Gasteiger partial charge in [0.25, 0.3) is 5.91 Å². The van der Waals surface area contributed by atoms with E-state index in [2.05, 4.69) is 19.8 Å². The topological polar surface area (TPSA) is 68.6 Å². The van der Waals surface area contributed by atoms with Crippen molar-refractivity contribution in [2.75, 3.05) is 32.8 Å². The normalized spacial score (nSPS) is 28.8. The number of nitrogens with one attached hydrogen (secondary N) is 1. The predicted octanol–water partition coefficient (Wildman–Crippen LogP) is 1.28. The molecule has 1 aliphatic carbocycles. The molecule has 1 saturated carbocycles. The van der Waals surface area contributed by atoms with E-state index in [9.17, 15) is 4.79 Å². The highest BCUT2D eigenvalue weighted by molar-refractivity contribution is 5.81. The Morgan fingerprint density at radius 2 is 2.00 bits per heavy atom. The molecule has 3 fully saturated rings. The maximum Gasteiger partial charge on any atom is 0.251 e. The summed E-state index contributed by atoms with van der Waals surface area (Å²) in [5, 5.41) is 3.10. The molecule has 7 nitrogen and oxygen atoms in total. The molecular formula is C20H30N4O3. The van der Waals surface area contributed by atoms with Gasteiger partial charge in [0, 0.05) is 51.3 Å². The number of aromatic nitrogens is 2. The maximum absolute atomic E-state index is 12.7. The lowest BCUT2D eigenvalue weighted by Crippen LogP contribution is -2.55. The molecule has 4 aliphatic rings. The zero-order valence-electron chi connectivity index (χ0n) is 15.9. The Morgan fingerprint density at radius 1 is 1.22 bits per heavy atom. The minimum absolute atomic E-state index is 0.0347. The van der Waals surface area contributed by atoms with Gasteiger partial charge in [0.05, 0.1) is 6.54 Å². The van der Waals surface area contributed by atoms with E-state index in [0.717, 1.165) is 64.4 Å². The molecule has 0 aromatic carbocycles. The van der Waals surface area contributed by atoms with Gasteiger partial charge in [-0.15, -0.1) is 0 Å². The lowest BCUT2D eigenvalue weighted by molar-refractivity contribution is -0.175. The number of rotatable bonds is 4. The zero-order chi connectivity index (χ0) is 18.3.